The van der Waals surface area contributed by atoms with Crippen molar-refractivity contribution in [2.45, 2.75) is 18.9 Å². The Balaban J connectivity index is 1.93. The number of rotatable bonds is 8. The van der Waals surface area contributed by atoms with Crippen LogP contribution in [0.15, 0.2) is 0 Å². The van der Waals surface area contributed by atoms with Crippen molar-refractivity contribution in [2.24, 2.45) is 5.92 Å². The summed E-state index contributed by atoms with van der Waals surface area (Å²) in [7, 11) is 3.57. The van der Waals surface area contributed by atoms with Crippen LogP contribution in [0.1, 0.15) is 12.8 Å². The topological polar surface area (TPSA) is 59.6 Å². The summed E-state index contributed by atoms with van der Waals surface area (Å²) in [4.78, 5) is 11.3. The van der Waals surface area contributed by atoms with Crippen molar-refractivity contribution in [3.05, 3.63) is 0 Å². The Hall–Kier alpha value is -0.650. The summed E-state index contributed by atoms with van der Waals surface area (Å²) in [5, 5.41) is 5.86. The third-order valence-electron chi connectivity index (χ3n) is 2.76. The fraction of sp³-hybridized carbons (Fsp3) is 0.909. The molecule has 1 aliphatic carbocycles. The minimum atomic E-state index is -0.0610. The van der Waals surface area contributed by atoms with E-state index in [1.807, 2.05) is 7.05 Å². The summed E-state index contributed by atoms with van der Waals surface area (Å²) >= 11 is 0. The second-order valence-corrected chi connectivity index (χ2v) is 4.17. The lowest BCUT2D eigenvalue weighted by atomic mass is 9.82. The van der Waals surface area contributed by atoms with Gasteiger partial charge in [-0.2, -0.15) is 0 Å². The zero-order valence-corrected chi connectivity index (χ0v) is 10.1. The minimum absolute atomic E-state index is 0.0610. The van der Waals surface area contributed by atoms with Gasteiger partial charge in [0.2, 0.25) is 5.91 Å². The van der Waals surface area contributed by atoms with Crippen LogP contribution in [0.25, 0.3) is 0 Å². The molecule has 0 aromatic carbocycles. The van der Waals surface area contributed by atoms with E-state index in [-0.39, 0.29) is 18.6 Å². The zero-order valence-electron chi connectivity index (χ0n) is 10.1. The van der Waals surface area contributed by atoms with Crippen LogP contribution in [0.3, 0.4) is 0 Å². The molecule has 1 fully saturated rings. The minimum Gasteiger partial charge on any atom is -0.383 e. The highest BCUT2D eigenvalue weighted by Crippen LogP contribution is 2.29. The standard InChI is InChI=1S/C11H22N2O3/c1-12-7-9-5-10(6-9)16-8-11(14)13-3-4-15-2/h9-10,12H,3-8H2,1-2H3,(H,13,14). The Morgan fingerprint density at radius 2 is 2.19 bits per heavy atom. The van der Waals surface area contributed by atoms with Crippen molar-refractivity contribution in [1.82, 2.24) is 10.6 Å². The van der Waals surface area contributed by atoms with Gasteiger partial charge in [0.15, 0.2) is 0 Å². The van der Waals surface area contributed by atoms with Gasteiger partial charge in [-0.3, -0.25) is 4.79 Å². The highest BCUT2D eigenvalue weighted by molar-refractivity contribution is 5.77. The molecular weight excluding hydrogens is 208 g/mol. The third-order valence-corrected chi connectivity index (χ3v) is 2.76. The van der Waals surface area contributed by atoms with Gasteiger partial charge in [-0.05, 0) is 32.4 Å². The van der Waals surface area contributed by atoms with Gasteiger partial charge in [0, 0.05) is 13.7 Å². The second-order valence-electron chi connectivity index (χ2n) is 4.17. The highest BCUT2D eigenvalue weighted by Gasteiger charge is 2.29. The molecule has 0 aliphatic heterocycles. The van der Waals surface area contributed by atoms with Gasteiger partial charge in [0.1, 0.15) is 6.61 Å². The quantitative estimate of drug-likeness (QED) is 0.565. The van der Waals surface area contributed by atoms with Gasteiger partial charge in [0.05, 0.1) is 12.7 Å². The van der Waals surface area contributed by atoms with Crippen LogP contribution in [0, 0.1) is 5.92 Å². The lowest BCUT2D eigenvalue weighted by Gasteiger charge is -2.34. The van der Waals surface area contributed by atoms with Crippen LogP contribution in [0.5, 0.6) is 0 Å². The highest BCUT2D eigenvalue weighted by atomic mass is 16.5. The molecule has 0 aromatic heterocycles. The number of carbonyl (C=O) groups is 1. The average Bonchev–Trinajstić information content (AvgIpc) is 2.21. The molecule has 2 N–H and O–H groups in total. The maximum absolute atomic E-state index is 11.3. The van der Waals surface area contributed by atoms with Gasteiger partial charge < -0.3 is 20.1 Å². The number of hydrogen-bond acceptors (Lipinski definition) is 4. The number of hydrogen-bond donors (Lipinski definition) is 2. The van der Waals surface area contributed by atoms with Gasteiger partial charge >= 0.3 is 0 Å². The maximum atomic E-state index is 11.3. The van der Waals surface area contributed by atoms with Crippen LogP contribution in [-0.2, 0) is 14.3 Å². The van der Waals surface area contributed by atoms with Crippen molar-refractivity contribution in [3.63, 3.8) is 0 Å². The van der Waals surface area contributed by atoms with Crippen LogP contribution in [-0.4, -0.2) is 52.5 Å². The maximum Gasteiger partial charge on any atom is 0.246 e. The van der Waals surface area contributed by atoms with Crippen LogP contribution in [0.4, 0.5) is 0 Å². The summed E-state index contributed by atoms with van der Waals surface area (Å²) in [6, 6.07) is 0. The molecule has 0 spiro atoms. The second kappa shape index (κ2) is 7.60. The predicted molar refractivity (Wildman–Crippen MR) is 61.3 cm³/mol. The van der Waals surface area contributed by atoms with E-state index in [9.17, 15) is 4.79 Å². The van der Waals surface area contributed by atoms with Gasteiger partial charge in [-0.25, -0.2) is 0 Å². The third kappa shape index (κ3) is 4.92. The fourth-order valence-electron chi connectivity index (χ4n) is 1.80. The van der Waals surface area contributed by atoms with E-state index in [1.54, 1.807) is 7.11 Å². The van der Waals surface area contributed by atoms with Crippen molar-refractivity contribution < 1.29 is 14.3 Å². The zero-order chi connectivity index (χ0) is 11.8. The molecule has 94 valence electrons. The molecular formula is C11H22N2O3. The summed E-state index contributed by atoms with van der Waals surface area (Å²) in [5.74, 6) is 0.653. The number of nitrogens with one attached hydrogen (secondary N) is 2. The molecule has 0 atom stereocenters. The van der Waals surface area contributed by atoms with Crippen molar-refractivity contribution in [1.29, 1.82) is 0 Å². The molecule has 0 unspecified atom stereocenters. The molecule has 1 rings (SSSR count). The van der Waals surface area contributed by atoms with E-state index >= 15 is 0 Å². The normalized spacial score (nSPS) is 23.9. The molecule has 0 bridgehead atoms. The molecule has 0 aromatic rings. The number of amides is 1. The van der Waals surface area contributed by atoms with Crippen molar-refractivity contribution in [2.75, 3.05) is 40.5 Å². The summed E-state index contributed by atoms with van der Waals surface area (Å²) in [5.41, 5.74) is 0. The molecule has 0 saturated heterocycles. The first kappa shape index (κ1) is 13.4. The van der Waals surface area contributed by atoms with E-state index in [4.69, 9.17) is 9.47 Å². The smallest absolute Gasteiger partial charge is 0.246 e. The SMILES string of the molecule is CNCC1CC(OCC(=O)NCCOC)C1. The monoisotopic (exact) mass is 230 g/mol. The van der Waals surface area contributed by atoms with E-state index in [1.165, 1.54) is 0 Å². The average molecular weight is 230 g/mol. The number of carbonyl (C=O) groups excluding carboxylic acids is 1. The lowest BCUT2D eigenvalue weighted by Crippen LogP contribution is -2.39. The van der Waals surface area contributed by atoms with E-state index in [2.05, 4.69) is 10.6 Å². The molecule has 0 heterocycles. The Kier molecular flexibility index (Phi) is 6.37. The largest absolute Gasteiger partial charge is 0.383 e. The first-order valence-electron chi connectivity index (χ1n) is 5.78. The molecule has 1 saturated carbocycles. The fourth-order valence-corrected chi connectivity index (χ4v) is 1.80. The molecule has 1 amide bonds. The van der Waals surface area contributed by atoms with Crippen molar-refractivity contribution in [3.8, 4) is 0 Å². The first-order chi connectivity index (χ1) is 7.76. The Bertz CT molecular complexity index is 205. The molecule has 1 aliphatic rings. The van der Waals surface area contributed by atoms with Gasteiger partial charge in [-0.15, -0.1) is 0 Å². The van der Waals surface area contributed by atoms with E-state index < -0.39 is 0 Å². The summed E-state index contributed by atoms with van der Waals surface area (Å²) < 4.78 is 10.3. The van der Waals surface area contributed by atoms with Crippen molar-refractivity contribution >= 4 is 5.91 Å². The molecule has 16 heavy (non-hydrogen) atoms. The van der Waals surface area contributed by atoms with Gasteiger partial charge in [-0.1, -0.05) is 0 Å². The molecule has 0 radical (unpaired) electrons. The number of ether oxygens (including phenoxy) is 2. The Labute approximate surface area is 96.9 Å². The van der Waals surface area contributed by atoms with Crippen LogP contribution < -0.4 is 10.6 Å². The Morgan fingerprint density at radius 3 is 2.81 bits per heavy atom. The first-order valence-corrected chi connectivity index (χ1v) is 5.78. The Morgan fingerprint density at radius 1 is 1.44 bits per heavy atom. The molecule has 5 heteroatoms. The summed E-state index contributed by atoms with van der Waals surface area (Å²) in [6.07, 6.45) is 2.39. The van der Waals surface area contributed by atoms with Crippen LogP contribution in [0.2, 0.25) is 0 Å². The van der Waals surface area contributed by atoms with E-state index in [0.717, 1.165) is 19.4 Å². The molecule has 5 nitrogen and oxygen atoms in total. The predicted octanol–water partition coefficient (Wildman–Crippen LogP) is -0.236. The lowest BCUT2D eigenvalue weighted by molar-refractivity contribution is -0.131. The van der Waals surface area contributed by atoms with Crippen LogP contribution >= 0.6 is 0 Å². The van der Waals surface area contributed by atoms with E-state index in [0.29, 0.717) is 19.1 Å². The number of methoxy groups -OCH3 is 1. The summed E-state index contributed by atoms with van der Waals surface area (Å²) in [6.45, 7) is 2.30. The van der Waals surface area contributed by atoms with Gasteiger partial charge in [0.25, 0.3) is 0 Å².